The van der Waals surface area contributed by atoms with Gasteiger partial charge in [-0.2, -0.15) is 0 Å². The minimum absolute atomic E-state index is 0.00710. The first kappa shape index (κ1) is 16.2. The third-order valence-electron chi connectivity index (χ3n) is 3.58. The van der Waals surface area contributed by atoms with Crippen LogP contribution in [-0.2, 0) is 15.4 Å². The van der Waals surface area contributed by atoms with E-state index in [9.17, 15) is 17.6 Å². The number of sulfone groups is 1. The van der Waals surface area contributed by atoms with Crippen LogP contribution in [0.5, 0.6) is 0 Å². The van der Waals surface area contributed by atoms with Crippen LogP contribution in [0.3, 0.4) is 0 Å². The molecule has 7 nitrogen and oxygen atoms in total. The van der Waals surface area contributed by atoms with E-state index in [1.807, 2.05) is 5.32 Å². The Kier molecular flexibility index (Phi) is 3.86. The normalized spacial score (nSPS) is 27.0. The molecule has 2 rings (SSSR count). The monoisotopic (exact) mass is 329 g/mol. The highest BCUT2D eigenvalue weighted by Gasteiger charge is 2.44. The lowest BCUT2D eigenvalue weighted by atomic mass is 9.93. The molecule has 1 unspecified atom stereocenters. The Hall–Kier alpha value is -2.16. The van der Waals surface area contributed by atoms with Gasteiger partial charge in [0.25, 0.3) is 0 Å². The zero-order valence-corrected chi connectivity index (χ0v) is 12.8. The van der Waals surface area contributed by atoms with Crippen molar-refractivity contribution < 1.29 is 22.7 Å². The highest BCUT2D eigenvalue weighted by Crippen LogP contribution is 2.35. The first-order valence-electron chi connectivity index (χ1n) is 6.42. The Bertz CT molecular complexity index is 763. The zero-order valence-electron chi connectivity index (χ0n) is 12.0. The minimum Gasteiger partial charge on any atom is -0.465 e. The fourth-order valence-electron chi connectivity index (χ4n) is 2.41. The summed E-state index contributed by atoms with van der Waals surface area (Å²) < 4.78 is 38.7. The van der Waals surface area contributed by atoms with E-state index in [0.29, 0.717) is 0 Å². The summed E-state index contributed by atoms with van der Waals surface area (Å²) in [5.74, 6) is -1.32. The van der Waals surface area contributed by atoms with Crippen molar-refractivity contribution in [1.82, 2.24) is 5.32 Å². The minimum atomic E-state index is -3.71. The molecule has 1 aromatic rings. The lowest BCUT2D eigenvalue weighted by Crippen LogP contribution is -2.50. The van der Waals surface area contributed by atoms with Gasteiger partial charge in [-0.1, -0.05) is 0 Å². The highest BCUT2D eigenvalue weighted by molar-refractivity contribution is 7.92. The van der Waals surface area contributed by atoms with Crippen LogP contribution in [-0.4, -0.2) is 36.5 Å². The van der Waals surface area contributed by atoms with Gasteiger partial charge in [-0.05, 0) is 32.0 Å². The number of anilines is 1. The molecule has 0 spiro atoms. The largest absolute Gasteiger partial charge is 0.465 e. The van der Waals surface area contributed by atoms with Crippen LogP contribution < -0.4 is 11.1 Å². The van der Waals surface area contributed by atoms with Crippen molar-refractivity contribution in [3.63, 3.8) is 0 Å². The van der Waals surface area contributed by atoms with Crippen molar-refractivity contribution in [3.05, 3.63) is 29.6 Å². The summed E-state index contributed by atoms with van der Waals surface area (Å²) in [5.41, 5.74) is 4.44. The van der Waals surface area contributed by atoms with Crippen molar-refractivity contribution in [2.24, 2.45) is 4.99 Å². The van der Waals surface area contributed by atoms with Gasteiger partial charge in [0.1, 0.15) is 22.4 Å². The summed E-state index contributed by atoms with van der Waals surface area (Å²) >= 11 is 0. The van der Waals surface area contributed by atoms with Gasteiger partial charge < -0.3 is 10.8 Å². The Morgan fingerprint density at radius 3 is 2.77 bits per heavy atom. The van der Waals surface area contributed by atoms with Crippen LogP contribution in [0.4, 0.5) is 14.9 Å². The van der Waals surface area contributed by atoms with Crippen molar-refractivity contribution in [2.75, 3.05) is 11.5 Å². The van der Waals surface area contributed by atoms with Gasteiger partial charge in [-0.25, -0.2) is 17.6 Å². The molecule has 4 N–H and O–H groups in total. The van der Waals surface area contributed by atoms with E-state index in [0.717, 1.165) is 6.07 Å². The molecule has 0 aromatic heterocycles. The number of carboxylic acid groups (broad SMARTS) is 1. The maximum Gasteiger partial charge on any atom is 0.410 e. The lowest BCUT2D eigenvalue weighted by Gasteiger charge is -2.34. The predicted molar refractivity (Wildman–Crippen MR) is 80.0 cm³/mol. The summed E-state index contributed by atoms with van der Waals surface area (Å²) in [6.07, 6.45) is -1.43. The van der Waals surface area contributed by atoms with E-state index in [4.69, 9.17) is 10.8 Å². The average Bonchev–Trinajstić information content (AvgIpc) is 2.37. The number of amides is 1. The number of nitrogen functional groups attached to an aromatic ring is 1. The standard InChI is InChI=1S/C13H16FN3O4S/c1-7-11(16-12(18)19)17-13(2,6-22(7,20)21)9-5-8(15)3-4-10(9)14/h3-5,7H,6,15H2,1-2H3,(H,16,17)(H,18,19)/t7?,13-/m0/s1. The first-order valence-corrected chi connectivity index (χ1v) is 8.13. The van der Waals surface area contributed by atoms with E-state index < -0.39 is 38.3 Å². The van der Waals surface area contributed by atoms with Gasteiger partial charge in [0.05, 0.1) is 5.75 Å². The number of amidine groups is 1. The SMILES string of the molecule is CC1C(NC(=O)O)=N[C@](C)(c2cc(N)ccc2F)CS1(=O)=O. The molecule has 1 aromatic carbocycles. The lowest BCUT2D eigenvalue weighted by molar-refractivity contribution is 0.200. The molecule has 22 heavy (non-hydrogen) atoms. The first-order chi connectivity index (χ1) is 10.0. The Labute approximate surface area is 127 Å². The van der Waals surface area contributed by atoms with Crippen LogP contribution in [0.15, 0.2) is 23.2 Å². The fraction of sp³-hybridized carbons (Fsp3) is 0.385. The molecular formula is C13H16FN3O4S. The van der Waals surface area contributed by atoms with Crippen LogP contribution in [0.1, 0.15) is 19.4 Å². The van der Waals surface area contributed by atoms with Crippen molar-refractivity contribution in [2.45, 2.75) is 24.6 Å². The molecule has 0 saturated carbocycles. The van der Waals surface area contributed by atoms with Crippen molar-refractivity contribution in [1.29, 1.82) is 0 Å². The zero-order chi connectivity index (χ0) is 16.7. The van der Waals surface area contributed by atoms with Gasteiger partial charge in [0, 0.05) is 11.3 Å². The average molecular weight is 329 g/mol. The molecular weight excluding hydrogens is 313 g/mol. The maximum absolute atomic E-state index is 14.1. The number of nitrogens with two attached hydrogens (primary N) is 1. The second-order valence-electron chi connectivity index (χ2n) is 5.39. The molecule has 120 valence electrons. The number of hydrogen-bond acceptors (Lipinski definition) is 5. The van der Waals surface area contributed by atoms with Crippen molar-refractivity contribution >= 4 is 27.5 Å². The molecule has 2 atom stereocenters. The molecule has 1 aliphatic rings. The van der Waals surface area contributed by atoms with E-state index in [2.05, 4.69) is 4.99 Å². The molecule has 9 heteroatoms. The Morgan fingerprint density at radius 2 is 2.18 bits per heavy atom. The number of hydrogen-bond donors (Lipinski definition) is 3. The van der Waals surface area contributed by atoms with E-state index in [-0.39, 0.29) is 17.1 Å². The molecule has 0 radical (unpaired) electrons. The Morgan fingerprint density at radius 1 is 1.55 bits per heavy atom. The molecule has 1 aliphatic heterocycles. The number of benzene rings is 1. The molecule has 0 saturated heterocycles. The third kappa shape index (κ3) is 2.89. The predicted octanol–water partition coefficient (Wildman–Crippen LogP) is 1.11. The third-order valence-corrected chi connectivity index (χ3v) is 5.84. The maximum atomic E-state index is 14.1. The number of aliphatic imine (C=N–C) groups is 1. The molecule has 0 fully saturated rings. The summed E-state index contributed by atoms with van der Waals surface area (Å²) in [6, 6.07) is 3.78. The van der Waals surface area contributed by atoms with E-state index >= 15 is 0 Å². The number of carbonyl (C=O) groups is 1. The van der Waals surface area contributed by atoms with Gasteiger partial charge in [-0.15, -0.1) is 0 Å². The highest BCUT2D eigenvalue weighted by atomic mass is 32.2. The second-order valence-corrected chi connectivity index (χ2v) is 7.71. The molecule has 1 heterocycles. The van der Waals surface area contributed by atoms with Crippen molar-refractivity contribution in [3.8, 4) is 0 Å². The number of halogens is 1. The van der Waals surface area contributed by atoms with Gasteiger partial charge in [0.2, 0.25) is 0 Å². The van der Waals surface area contributed by atoms with E-state index in [1.165, 1.54) is 26.0 Å². The summed E-state index contributed by atoms with van der Waals surface area (Å²) in [6.45, 7) is 2.76. The summed E-state index contributed by atoms with van der Waals surface area (Å²) in [7, 11) is -3.71. The van der Waals surface area contributed by atoms with Crippen LogP contribution in [0.25, 0.3) is 0 Å². The number of rotatable bonds is 1. The molecule has 1 amide bonds. The Balaban J connectivity index is 2.64. The van der Waals surface area contributed by atoms with Crippen LogP contribution >= 0.6 is 0 Å². The van der Waals surface area contributed by atoms with Gasteiger partial charge in [0.15, 0.2) is 9.84 Å². The number of nitrogens with one attached hydrogen (secondary N) is 1. The quantitative estimate of drug-likeness (QED) is 0.666. The van der Waals surface area contributed by atoms with Gasteiger partial charge in [-0.3, -0.25) is 10.3 Å². The molecule has 0 aliphatic carbocycles. The topological polar surface area (TPSA) is 122 Å². The smallest absolute Gasteiger partial charge is 0.410 e. The molecule has 0 bridgehead atoms. The van der Waals surface area contributed by atoms with Crippen LogP contribution in [0.2, 0.25) is 0 Å². The summed E-state index contributed by atoms with van der Waals surface area (Å²) in [4.78, 5) is 15.0. The fourth-order valence-corrected chi connectivity index (χ4v) is 4.11. The summed E-state index contributed by atoms with van der Waals surface area (Å²) in [5, 5.41) is 9.68. The van der Waals surface area contributed by atoms with E-state index in [1.54, 1.807) is 0 Å². The van der Waals surface area contributed by atoms with Gasteiger partial charge >= 0.3 is 6.09 Å². The second kappa shape index (κ2) is 5.24. The number of nitrogens with zero attached hydrogens (tertiary/aromatic N) is 1. The van der Waals surface area contributed by atoms with Crippen LogP contribution in [0, 0.1) is 5.82 Å².